The lowest BCUT2D eigenvalue weighted by atomic mass is 10.3. The Morgan fingerprint density at radius 1 is 1.50 bits per heavy atom. The Balaban J connectivity index is 2.41. The van der Waals surface area contributed by atoms with Gasteiger partial charge in [0.2, 0.25) is 0 Å². The van der Waals surface area contributed by atoms with Gasteiger partial charge in [0.25, 0.3) is 0 Å². The fourth-order valence-electron chi connectivity index (χ4n) is 0.688. The van der Waals surface area contributed by atoms with E-state index in [9.17, 15) is 0 Å². The lowest BCUT2D eigenvalue weighted by molar-refractivity contribution is 0.525. The van der Waals surface area contributed by atoms with Crippen LogP contribution in [0.15, 0.2) is 22.8 Å². The minimum atomic E-state index is 0.737. The van der Waals surface area contributed by atoms with E-state index < -0.39 is 0 Å². The molecule has 0 amide bonds. The molecular weight excluding hydrogens is 124 g/mol. The van der Waals surface area contributed by atoms with E-state index in [1.165, 1.54) is 0 Å². The molecule has 0 aliphatic rings. The van der Waals surface area contributed by atoms with Crippen LogP contribution in [0.25, 0.3) is 0 Å². The number of hydrogen-bond donors (Lipinski definition) is 0. The molecular formula is C9H10O. The summed E-state index contributed by atoms with van der Waals surface area (Å²) in [5, 5.41) is 0. The number of hydrogen-bond acceptors (Lipinski definition) is 1. The molecule has 0 saturated heterocycles. The summed E-state index contributed by atoms with van der Waals surface area (Å²) in [6.07, 6.45) is 3.32. The van der Waals surface area contributed by atoms with Crippen molar-refractivity contribution in [2.24, 2.45) is 0 Å². The molecule has 0 aliphatic carbocycles. The predicted octanol–water partition coefficient (Wildman–Crippen LogP) is 2.24. The van der Waals surface area contributed by atoms with Crippen molar-refractivity contribution >= 4 is 0 Å². The summed E-state index contributed by atoms with van der Waals surface area (Å²) < 4.78 is 5.08. The first-order valence-electron chi connectivity index (χ1n) is 3.41. The van der Waals surface area contributed by atoms with Gasteiger partial charge in [-0.15, -0.1) is 5.92 Å². The molecule has 1 heterocycles. The summed E-state index contributed by atoms with van der Waals surface area (Å²) >= 11 is 0. The number of rotatable bonds is 1. The Kier molecular flexibility index (Phi) is 2.63. The fourth-order valence-corrected chi connectivity index (χ4v) is 0.688. The van der Waals surface area contributed by atoms with Crippen LogP contribution in [0.5, 0.6) is 0 Å². The molecule has 0 fully saturated rings. The van der Waals surface area contributed by atoms with Crippen molar-refractivity contribution in [3.8, 4) is 11.8 Å². The third kappa shape index (κ3) is 1.99. The topological polar surface area (TPSA) is 13.1 Å². The van der Waals surface area contributed by atoms with E-state index in [0.717, 1.165) is 18.6 Å². The second kappa shape index (κ2) is 3.79. The smallest absolute Gasteiger partial charge is 0.115 e. The van der Waals surface area contributed by atoms with E-state index in [4.69, 9.17) is 4.42 Å². The maximum absolute atomic E-state index is 5.08. The highest BCUT2D eigenvalue weighted by molar-refractivity contribution is 5.10. The van der Waals surface area contributed by atoms with Crippen LogP contribution in [0.3, 0.4) is 0 Å². The lowest BCUT2D eigenvalue weighted by Crippen LogP contribution is -1.73. The van der Waals surface area contributed by atoms with Crippen LogP contribution in [-0.4, -0.2) is 0 Å². The fraction of sp³-hybridized carbons (Fsp3) is 0.333. The Morgan fingerprint density at radius 3 is 3.00 bits per heavy atom. The molecule has 0 unspecified atom stereocenters. The summed E-state index contributed by atoms with van der Waals surface area (Å²) in [6.45, 7) is 2.04. The highest BCUT2D eigenvalue weighted by Gasteiger charge is 1.87. The molecule has 0 spiro atoms. The van der Waals surface area contributed by atoms with Crippen LogP contribution in [-0.2, 0) is 6.42 Å². The molecule has 0 bridgehead atoms. The first kappa shape index (κ1) is 6.95. The van der Waals surface area contributed by atoms with Crippen molar-refractivity contribution in [1.29, 1.82) is 0 Å². The normalized spacial score (nSPS) is 8.50. The third-order valence-electron chi connectivity index (χ3n) is 1.14. The molecule has 0 saturated carbocycles. The van der Waals surface area contributed by atoms with Gasteiger partial charge in [0.15, 0.2) is 0 Å². The van der Waals surface area contributed by atoms with E-state index in [2.05, 4.69) is 11.8 Å². The van der Waals surface area contributed by atoms with E-state index in [0.29, 0.717) is 0 Å². The van der Waals surface area contributed by atoms with Crippen molar-refractivity contribution in [2.45, 2.75) is 19.8 Å². The molecule has 0 N–H and O–H groups in total. The van der Waals surface area contributed by atoms with Crippen LogP contribution in [0.2, 0.25) is 0 Å². The molecule has 1 aromatic heterocycles. The molecule has 0 aliphatic heterocycles. The van der Waals surface area contributed by atoms with Gasteiger partial charge < -0.3 is 4.42 Å². The molecule has 0 aromatic carbocycles. The summed E-state index contributed by atoms with van der Waals surface area (Å²) in [7, 11) is 0. The Bertz CT molecular complexity index is 223. The van der Waals surface area contributed by atoms with E-state index in [1.54, 1.807) is 6.26 Å². The number of furan rings is 1. The Morgan fingerprint density at radius 2 is 2.40 bits per heavy atom. The van der Waals surface area contributed by atoms with E-state index in [1.807, 2.05) is 19.1 Å². The monoisotopic (exact) mass is 134 g/mol. The van der Waals surface area contributed by atoms with Gasteiger partial charge >= 0.3 is 0 Å². The molecule has 0 atom stereocenters. The largest absolute Gasteiger partial charge is 0.468 e. The third-order valence-corrected chi connectivity index (χ3v) is 1.14. The second-order valence-corrected chi connectivity index (χ2v) is 1.96. The molecule has 1 aromatic rings. The quantitative estimate of drug-likeness (QED) is 0.537. The van der Waals surface area contributed by atoms with Gasteiger partial charge in [0.1, 0.15) is 5.76 Å². The maximum atomic E-state index is 5.08. The summed E-state index contributed by atoms with van der Waals surface area (Å²) in [5.41, 5.74) is 0. The van der Waals surface area contributed by atoms with Crippen molar-refractivity contribution in [1.82, 2.24) is 0 Å². The van der Waals surface area contributed by atoms with Crippen molar-refractivity contribution in [3.63, 3.8) is 0 Å². The molecule has 1 rings (SSSR count). The molecule has 0 radical (unpaired) electrons. The first-order valence-corrected chi connectivity index (χ1v) is 3.41. The van der Waals surface area contributed by atoms with Crippen LogP contribution in [0.1, 0.15) is 19.1 Å². The Labute approximate surface area is 61.0 Å². The second-order valence-electron chi connectivity index (χ2n) is 1.96. The zero-order valence-corrected chi connectivity index (χ0v) is 6.05. The molecule has 10 heavy (non-hydrogen) atoms. The van der Waals surface area contributed by atoms with E-state index in [-0.39, 0.29) is 0 Å². The molecule has 1 heteroatoms. The van der Waals surface area contributed by atoms with Crippen molar-refractivity contribution in [2.75, 3.05) is 0 Å². The zero-order valence-electron chi connectivity index (χ0n) is 6.05. The molecule has 52 valence electrons. The van der Waals surface area contributed by atoms with Crippen molar-refractivity contribution < 1.29 is 4.42 Å². The average molecular weight is 134 g/mol. The van der Waals surface area contributed by atoms with Crippen LogP contribution in [0, 0.1) is 11.8 Å². The van der Waals surface area contributed by atoms with Gasteiger partial charge in [-0.3, -0.25) is 0 Å². The van der Waals surface area contributed by atoms with Crippen LogP contribution in [0.4, 0.5) is 0 Å². The Hall–Kier alpha value is -1.16. The van der Waals surface area contributed by atoms with E-state index >= 15 is 0 Å². The highest BCUT2D eigenvalue weighted by atomic mass is 16.3. The maximum Gasteiger partial charge on any atom is 0.115 e. The zero-order chi connectivity index (χ0) is 7.23. The van der Waals surface area contributed by atoms with Gasteiger partial charge in [0.05, 0.1) is 12.7 Å². The first-order chi connectivity index (χ1) is 4.93. The van der Waals surface area contributed by atoms with Crippen LogP contribution < -0.4 is 0 Å². The highest BCUT2D eigenvalue weighted by Crippen LogP contribution is 1.98. The van der Waals surface area contributed by atoms with Gasteiger partial charge in [0, 0.05) is 6.42 Å². The molecule has 1 nitrogen and oxygen atoms in total. The van der Waals surface area contributed by atoms with Gasteiger partial charge in [-0.25, -0.2) is 0 Å². The average Bonchev–Trinajstić information content (AvgIpc) is 2.41. The lowest BCUT2D eigenvalue weighted by Gasteiger charge is -1.81. The summed E-state index contributed by atoms with van der Waals surface area (Å²) in [6, 6.07) is 3.81. The standard InChI is InChI=1S/C9H10O/c1-2-3-4-6-9-7-5-8-10-9/h5,7-8H,2,6H2,1H3. The summed E-state index contributed by atoms with van der Waals surface area (Å²) in [5.74, 6) is 6.92. The van der Waals surface area contributed by atoms with Gasteiger partial charge in [-0.1, -0.05) is 12.8 Å². The minimum Gasteiger partial charge on any atom is -0.468 e. The SMILES string of the molecule is CCC#CCc1ccco1. The minimum absolute atomic E-state index is 0.737. The van der Waals surface area contributed by atoms with Gasteiger partial charge in [-0.2, -0.15) is 0 Å². The van der Waals surface area contributed by atoms with Crippen molar-refractivity contribution in [3.05, 3.63) is 24.2 Å². The van der Waals surface area contributed by atoms with Gasteiger partial charge in [-0.05, 0) is 12.1 Å². The predicted molar refractivity (Wildman–Crippen MR) is 40.5 cm³/mol. The summed E-state index contributed by atoms with van der Waals surface area (Å²) in [4.78, 5) is 0. The van der Waals surface area contributed by atoms with Crippen LogP contribution >= 0.6 is 0 Å².